The Morgan fingerprint density at radius 3 is 2.37 bits per heavy atom. The fourth-order valence-corrected chi connectivity index (χ4v) is 1.79. The molecule has 0 aliphatic carbocycles. The standard InChI is InChI=1S/C14H19F4N/c1-4-9(2)10(3)19-8-11-5-6-12(15)7-13(11)14(16,17)18/h5-7,9-10,19H,4,8H2,1-3H3. The van der Waals surface area contributed by atoms with Gasteiger partial charge in [0.2, 0.25) is 0 Å². The number of halogens is 4. The van der Waals surface area contributed by atoms with Gasteiger partial charge in [0.15, 0.2) is 0 Å². The van der Waals surface area contributed by atoms with E-state index in [1.54, 1.807) is 0 Å². The predicted octanol–water partition coefficient (Wildman–Crippen LogP) is 4.37. The molecule has 1 rings (SSSR count). The van der Waals surface area contributed by atoms with Crippen molar-refractivity contribution in [2.45, 2.75) is 46.0 Å². The summed E-state index contributed by atoms with van der Waals surface area (Å²) in [6.07, 6.45) is -3.58. The van der Waals surface area contributed by atoms with Crippen LogP contribution in [0.15, 0.2) is 18.2 Å². The van der Waals surface area contributed by atoms with Gasteiger partial charge in [-0.2, -0.15) is 13.2 Å². The lowest BCUT2D eigenvalue weighted by Gasteiger charge is -2.21. The van der Waals surface area contributed by atoms with Crippen molar-refractivity contribution in [3.63, 3.8) is 0 Å². The quantitative estimate of drug-likeness (QED) is 0.788. The van der Waals surface area contributed by atoms with Crippen LogP contribution in [0.25, 0.3) is 0 Å². The molecule has 1 N–H and O–H groups in total. The molecule has 5 heteroatoms. The van der Waals surface area contributed by atoms with Crippen LogP contribution in [0.1, 0.15) is 38.3 Å². The predicted molar refractivity (Wildman–Crippen MR) is 67.2 cm³/mol. The lowest BCUT2D eigenvalue weighted by Crippen LogP contribution is -2.32. The number of alkyl halides is 3. The van der Waals surface area contributed by atoms with Gasteiger partial charge in [-0.25, -0.2) is 4.39 Å². The number of nitrogens with one attached hydrogen (secondary N) is 1. The molecule has 0 radical (unpaired) electrons. The molecule has 0 spiro atoms. The summed E-state index contributed by atoms with van der Waals surface area (Å²) in [5, 5.41) is 3.06. The molecule has 0 saturated carbocycles. The first kappa shape index (κ1) is 16.0. The first-order valence-electron chi connectivity index (χ1n) is 6.34. The number of hydrogen-bond donors (Lipinski definition) is 1. The van der Waals surface area contributed by atoms with Crippen molar-refractivity contribution in [1.29, 1.82) is 0 Å². The second kappa shape index (κ2) is 6.37. The molecule has 0 heterocycles. The van der Waals surface area contributed by atoms with Gasteiger partial charge >= 0.3 is 6.18 Å². The van der Waals surface area contributed by atoms with Crippen LogP contribution in [-0.2, 0) is 12.7 Å². The van der Waals surface area contributed by atoms with Crippen LogP contribution in [0.5, 0.6) is 0 Å². The lowest BCUT2D eigenvalue weighted by molar-refractivity contribution is -0.138. The van der Waals surface area contributed by atoms with Crippen LogP contribution in [-0.4, -0.2) is 6.04 Å². The van der Waals surface area contributed by atoms with E-state index in [9.17, 15) is 17.6 Å². The highest BCUT2D eigenvalue weighted by Gasteiger charge is 2.33. The van der Waals surface area contributed by atoms with Crippen molar-refractivity contribution in [3.05, 3.63) is 35.1 Å². The summed E-state index contributed by atoms with van der Waals surface area (Å²) in [5.74, 6) is -0.499. The average Bonchev–Trinajstić information content (AvgIpc) is 2.34. The highest BCUT2D eigenvalue weighted by atomic mass is 19.4. The van der Waals surface area contributed by atoms with E-state index in [2.05, 4.69) is 5.32 Å². The Morgan fingerprint density at radius 1 is 1.21 bits per heavy atom. The van der Waals surface area contributed by atoms with E-state index in [4.69, 9.17) is 0 Å². The van der Waals surface area contributed by atoms with Gasteiger partial charge in [-0.05, 0) is 30.5 Å². The van der Waals surface area contributed by atoms with Crippen LogP contribution in [0, 0.1) is 11.7 Å². The molecule has 0 saturated heterocycles. The van der Waals surface area contributed by atoms with E-state index in [0.717, 1.165) is 12.5 Å². The zero-order valence-corrected chi connectivity index (χ0v) is 11.3. The van der Waals surface area contributed by atoms with Gasteiger partial charge < -0.3 is 5.32 Å². The van der Waals surface area contributed by atoms with Crippen molar-refractivity contribution in [1.82, 2.24) is 5.32 Å². The summed E-state index contributed by atoms with van der Waals surface area (Å²) in [6.45, 7) is 6.08. The maximum atomic E-state index is 12.9. The van der Waals surface area contributed by atoms with Gasteiger partial charge in [-0.15, -0.1) is 0 Å². The molecule has 0 amide bonds. The maximum Gasteiger partial charge on any atom is 0.416 e. The molecule has 0 aliphatic heterocycles. The van der Waals surface area contributed by atoms with Crippen molar-refractivity contribution < 1.29 is 17.6 Å². The Labute approximate surface area is 111 Å². The summed E-state index contributed by atoms with van der Waals surface area (Å²) in [4.78, 5) is 0. The van der Waals surface area contributed by atoms with Crippen molar-refractivity contribution in [2.75, 3.05) is 0 Å². The van der Waals surface area contributed by atoms with E-state index in [-0.39, 0.29) is 18.2 Å². The Balaban J connectivity index is 2.84. The van der Waals surface area contributed by atoms with Gasteiger partial charge in [-0.3, -0.25) is 0 Å². The fourth-order valence-electron chi connectivity index (χ4n) is 1.79. The molecule has 2 atom stereocenters. The summed E-state index contributed by atoms with van der Waals surface area (Å²) in [6, 6.07) is 2.90. The van der Waals surface area contributed by atoms with E-state index in [0.29, 0.717) is 12.0 Å². The van der Waals surface area contributed by atoms with Gasteiger partial charge in [0.1, 0.15) is 5.82 Å². The summed E-state index contributed by atoms with van der Waals surface area (Å²) >= 11 is 0. The topological polar surface area (TPSA) is 12.0 Å². The molecule has 0 fully saturated rings. The zero-order valence-electron chi connectivity index (χ0n) is 11.3. The minimum Gasteiger partial charge on any atom is -0.310 e. The van der Waals surface area contributed by atoms with E-state index in [1.807, 2.05) is 20.8 Å². The van der Waals surface area contributed by atoms with Gasteiger partial charge in [0.05, 0.1) is 5.56 Å². The molecular weight excluding hydrogens is 258 g/mol. The molecular formula is C14H19F4N. The Hall–Kier alpha value is -1.10. The normalized spacial score (nSPS) is 15.3. The van der Waals surface area contributed by atoms with Crippen molar-refractivity contribution >= 4 is 0 Å². The third-order valence-corrected chi connectivity index (χ3v) is 3.49. The molecule has 108 valence electrons. The Bertz CT molecular complexity index is 414. The summed E-state index contributed by atoms with van der Waals surface area (Å²) in [7, 11) is 0. The van der Waals surface area contributed by atoms with Crippen molar-refractivity contribution in [3.8, 4) is 0 Å². The number of rotatable bonds is 5. The van der Waals surface area contributed by atoms with Gasteiger partial charge in [0, 0.05) is 12.6 Å². The molecule has 0 aromatic heterocycles. The Morgan fingerprint density at radius 2 is 1.84 bits per heavy atom. The molecule has 19 heavy (non-hydrogen) atoms. The summed E-state index contributed by atoms with van der Waals surface area (Å²) < 4.78 is 51.3. The smallest absolute Gasteiger partial charge is 0.310 e. The van der Waals surface area contributed by atoms with Crippen LogP contribution < -0.4 is 5.32 Å². The first-order chi connectivity index (χ1) is 8.75. The average molecular weight is 277 g/mol. The van der Waals surface area contributed by atoms with E-state index in [1.165, 1.54) is 6.07 Å². The third kappa shape index (κ3) is 4.49. The van der Waals surface area contributed by atoms with Crippen LogP contribution in [0.3, 0.4) is 0 Å². The number of benzene rings is 1. The van der Waals surface area contributed by atoms with Gasteiger partial charge in [-0.1, -0.05) is 26.3 Å². The second-order valence-corrected chi connectivity index (χ2v) is 4.85. The molecule has 2 unspecified atom stereocenters. The van der Waals surface area contributed by atoms with Crippen molar-refractivity contribution in [2.24, 2.45) is 5.92 Å². The maximum absolute atomic E-state index is 12.9. The minimum absolute atomic E-state index is 0.0732. The fraction of sp³-hybridized carbons (Fsp3) is 0.571. The highest BCUT2D eigenvalue weighted by Crippen LogP contribution is 2.32. The highest BCUT2D eigenvalue weighted by molar-refractivity contribution is 5.30. The van der Waals surface area contributed by atoms with E-state index >= 15 is 0 Å². The van der Waals surface area contributed by atoms with E-state index < -0.39 is 17.6 Å². The lowest BCUT2D eigenvalue weighted by atomic mass is 10.00. The van der Waals surface area contributed by atoms with Crippen LogP contribution in [0.4, 0.5) is 17.6 Å². The molecule has 1 aromatic carbocycles. The zero-order chi connectivity index (χ0) is 14.6. The van der Waals surface area contributed by atoms with Crippen LogP contribution >= 0.6 is 0 Å². The van der Waals surface area contributed by atoms with Crippen LogP contribution in [0.2, 0.25) is 0 Å². The summed E-state index contributed by atoms with van der Waals surface area (Å²) in [5.41, 5.74) is -0.833. The second-order valence-electron chi connectivity index (χ2n) is 4.85. The largest absolute Gasteiger partial charge is 0.416 e. The monoisotopic (exact) mass is 277 g/mol. The molecule has 0 bridgehead atoms. The molecule has 1 nitrogen and oxygen atoms in total. The molecule has 1 aromatic rings. The SMILES string of the molecule is CCC(C)C(C)NCc1ccc(F)cc1C(F)(F)F. The van der Waals surface area contributed by atoms with Gasteiger partial charge in [0.25, 0.3) is 0 Å². The minimum atomic E-state index is -4.53. The first-order valence-corrected chi connectivity index (χ1v) is 6.34. The Kier molecular flexibility index (Phi) is 5.35. The third-order valence-electron chi connectivity index (χ3n) is 3.49. The molecule has 0 aliphatic rings. The number of hydrogen-bond acceptors (Lipinski definition) is 1.